The zero-order valence-electron chi connectivity index (χ0n) is 11.9. The number of aromatic nitrogens is 1. The van der Waals surface area contributed by atoms with Gasteiger partial charge in [-0.1, -0.05) is 12.1 Å². The highest BCUT2D eigenvalue weighted by atomic mass is 32.1. The van der Waals surface area contributed by atoms with Crippen LogP contribution in [0.5, 0.6) is 11.5 Å². The number of hydrogen-bond donors (Lipinski definition) is 1. The maximum Gasteiger partial charge on any atom is 0.231 e. The Morgan fingerprint density at radius 2 is 2.09 bits per heavy atom. The van der Waals surface area contributed by atoms with E-state index in [1.165, 1.54) is 11.3 Å². The second-order valence-electron chi connectivity index (χ2n) is 4.87. The van der Waals surface area contributed by atoms with E-state index in [1.54, 1.807) is 6.20 Å². The lowest BCUT2D eigenvalue weighted by Gasteiger charge is -2.03. The minimum Gasteiger partial charge on any atom is -0.454 e. The van der Waals surface area contributed by atoms with Crippen molar-refractivity contribution in [3.05, 3.63) is 53.7 Å². The normalized spacial score (nSPS) is 13.1. The van der Waals surface area contributed by atoms with Crippen LogP contribution in [0.3, 0.4) is 0 Å². The lowest BCUT2D eigenvalue weighted by molar-refractivity contribution is 0.174. The van der Waals surface area contributed by atoms with Crippen molar-refractivity contribution in [1.29, 1.82) is 5.26 Å². The van der Waals surface area contributed by atoms with Gasteiger partial charge in [-0.15, -0.1) is 11.3 Å². The van der Waals surface area contributed by atoms with Crippen LogP contribution in [-0.2, 0) is 0 Å². The number of rotatable bonds is 3. The molecule has 0 amide bonds. The van der Waals surface area contributed by atoms with E-state index in [2.05, 4.69) is 16.4 Å². The van der Waals surface area contributed by atoms with Crippen LogP contribution < -0.4 is 14.8 Å². The molecule has 0 saturated carbocycles. The molecule has 0 saturated heterocycles. The van der Waals surface area contributed by atoms with Gasteiger partial charge in [0.25, 0.3) is 0 Å². The number of nitrogens with zero attached hydrogens (tertiary/aromatic N) is 2. The monoisotopic (exact) mass is 321 g/mol. The van der Waals surface area contributed by atoms with Crippen molar-refractivity contribution in [3.8, 4) is 17.6 Å². The molecule has 0 bridgehead atoms. The standard InChI is InChI=1S/C17H11N3O2S/c18-8-11(17-20-13-3-1-2-4-16(13)23-17)9-19-12-5-6-14-15(7-12)22-10-21-14/h1-7,9,19H,10H2. The fourth-order valence-electron chi connectivity index (χ4n) is 2.27. The molecule has 0 radical (unpaired) electrons. The van der Waals surface area contributed by atoms with E-state index in [0.29, 0.717) is 16.3 Å². The summed E-state index contributed by atoms with van der Waals surface area (Å²) in [6.45, 7) is 0.240. The number of hydrogen-bond acceptors (Lipinski definition) is 6. The molecule has 5 nitrogen and oxygen atoms in total. The van der Waals surface area contributed by atoms with Gasteiger partial charge >= 0.3 is 0 Å². The molecule has 6 heteroatoms. The first-order valence-electron chi connectivity index (χ1n) is 6.96. The van der Waals surface area contributed by atoms with Crippen molar-refractivity contribution in [1.82, 2.24) is 4.98 Å². The molecule has 1 N–H and O–H groups in total. The Kier molecular flexibility index (Phi) is 3.33. The third-order valence-electron chi connectivity index (χ3n) is 3.40. The molecule has 23 heavy (non-hydrogen) atoms. The molecule has 2 heterocycles. The minimum absolute atomic E-state index is 0.240. The summed E-state index contributed by atoms with van der Waals surface area (Å²) in [6, 6.07) is 15.6. The maximum atomic E-state index is 9.40. The van der Waals surface area contributed by atoms with Crippen molar-refractivity contribution < 1.29 is 9.47 Å². The first kappa shape index (κ1) is 13.6. The molecule has 0 atom stereocenters. The summed E-state index contributed by atoms with van der Waals surface area (Å²) >= 11 is 1.50. The molecule has 1 aromatic heterocycles. The molecule has 0 fully saturated rings. The van der Waals surface area contributed by atoms with Gasteiger partial charge in [-0.2, -0.15) is 5.26 Å². The summed E-state index contributed by atoms with van der Waals surface area (Å²) in [5.41, 5.74) is 2.21. The number of fused-ring (bicyclic) bond motifs is 2. The van der Waals surface area contributed by atoms with Crippen LogP contribution in [0.1, 0.15) is 5.01 Å². The number of thiazole rings is 1. The van der Waals surface area contributed by atoms with Gasteiger partial charge in [-0.05, 0) is 24.3 Å². The van der Waals surface area contributed by atoms with E-state index in [1.807, 2.05) is 42.5 Å². The fraction of sp³-hybridized carbons (Fsp3) is 0.0588. The summed E-state index contributed by atoms with van der Waals surface area (Å²) in [5, 5.41) is 13.2. The van der Waals surface area contributed by atoms with Crippen LogP contribution >= 0.6 is 11.3 Å². The number of nitrogens with one attached hydrogen (secondary N) is 1. The Balaban J connectivity index is 1.62. The Bertz CT molecular complexity index is 923. The van der Waals surface area contributed by atoms with Gasteiger partial charge in [0.15, 0.2) is 11.5 Å². The quantitative estimate of drug-likeness (QED) is 0.739. The summed E-state index contributed by atoms with van der Waals surface area (Å²) in [6.07, 6.45) is 1.66. The number of para-hydroxylation sites is 1. The molecule has 1 aliphatic heterocycles. The van der Waals surface area contributed by atoms with Gasteiger partial charge in [-0.3, -0.25) is 0 Å². The Labute approximate surface area is 136 Å². The lowest BCUT2D eigenvalue weighted by atomic mass is 10.2. The molecule has 0 unspecified atom stereocenters. The Hall–Kier alpha value is -3.04. The SMILES string of the molecule is N#CC(=CNc1ccc2c(c1)OCO2)c1nc2ccccc2s1. The van der Waals surface area contributed by atoms with Gasteiger partial charge < -0.3 is 14.8 Å². The molecule has 4 rings (SSSR count). The Morgan fingerprint density at radius 3 is 2.96 bits per heavy atom. The van der Waals surface area contributed by atoms with E-state index in [9.17, 15) is 5.26 Å². The minimum atomic E-state index is 0.240. The number of benzene rings is 2. The Morgan fingerprint density at radius 1 is 1.22 bits per heavy atom. The first-order valence-corrected chi connectivity index (χ1v) is 7.77. The number of allylic oxidation sites excluding steroid dienone is 1. The summed E-state index contributed by atoms with van der Waals surface area (Å²) in [7, 11) is 0. The lowest BCUT2D eigenvalue weighted by Crippen LogP contribution is -1.93. The maximum absolute atomic E-state index is 9.40. The van der Waals surface area contributed by atoms with Crippen LogP contribution in [0.25, 0.3) is 15.8 Å². The highest BCUT2D eigenvalue weighted by Gasteiger charge is 2.13. The third kappa shape index (κ3) is 2.58. The second-order valence-corrected chi connectivity index (χ2v) is 5.90. The van der Waals surface area contributed by atoms with Crippen LogP contribution in [0.4, 0.5) is 5.69 Å². The van der Waals surface area contributed by atoms with Crippen molar-refractivity contribution in [2.75, 3.05) is 12.1 Å². The van der Waals surface area contributed by atoms with Crippen LogP contribution in [0.15, 0.2) is 48.7 Å². The van der Waals surface area contributed by atoms with Gasteiger partial charge in [0.05, 0.1) is 10.2 Å². The van der Waals surface area contributed by atoms with E-state index in [0.717, 1.165) is 21.7 Å². The number of nitriles is 1. The van der Waals surface area contributed by atoms with Crippen LogP contribution in [-0.4, -0.2) is 11.8 Å². The predicted octanol–water partition coefficient (Wildman–Crippen LogP) is 4.00. The molecule has 0 spiro atoms. The molecule has 0 aliphatic carbocycles. The fourth-order valence-corrected chi connectivity index (χ4v) is 3.20. The average molecular weight is 321 g/mol. The molecule has 1 aliphatic rings. The van der Waals surface area contributed by atoms with Gasteiger partial charge in [0, 0.05) is 18.0 Å². The van der Waals surface area contributed by atoms with Crippen molar-refractivity contribution in [2.24, 2.45) is 0 Å². The second kappa shape index (κ2) is 5.63. The molecule has 2 aromatic carbocycles. The van der Waals surface area contributed by atoms with Crippen molar-refractivity contribution in [2.45, 2.75) is 0 Å². The molecule has 112 valence electrons. The molecular formula is C17H11N3O2S. The zero-order chi connectivity index (χ0) is 15.6. The number of anilines is 1. The van der Waals surface area contributed by atoms with E-state index >= 15 is 0 Å². The predicted molar refractivity (Wildman–Crippen MR) is 89.4 cm³/mol. The van der Waals surface area contributed by atoms with Gasteiger partial charge in [-0.25, -0.2) is 4.98 Å². The van der Waals surface area contributed by atoms with Crippen molar-refractivity contribution >= 4 is 32.8 Å². The van der Waals surface area contributed by atoms with Crippen LogP contribution in [0.2, 0.25) is 0 Å². The van der Waals surface area contributed by atoms with Gasteiger partial charge in [0.1, 0.15) is 16.6 Å². The van der Waals surface area contributed by atoms with Crippen molar-refractivity contribution in [3.63, 3.8) is 0 Å². The first-order chi connectivity index (χ1) is 11.3. The average Bonchev–Trinajstić information content (AvgIpc) is 3.21. The number of ether oxygens (including phenoxy) is 2. The largest absolute Gasteiger partial charge is 0.454 e. The van der Waals surface area contributed by atoms with Crippen LogP contribution in [0, 0.1) is 11.3 Å². The van der Waals surface area contributed by atoms with E-state index in [-0.39, 0.29) is 6.79 Å². The highest BCUT2D eigenvalue weighted by Crippen LogP contribution is 2.34. The zero-order valence-corrected chi connectivity index (χ0v) is 12.8. The highest BCUT2D eigenvalue weighted by molar-refractivity contribution is 7.19. The van der Waals surface area contributed by atoms with Gasteiger partial charge in [0.2, 0.25) is 6.79 Å². The van der Waals surface area contributed by atoms with E-state index < -0.39 is 0 Å². The smallest absolute Gasteiger partial charge is 0.231 e. The summed E-state index contributed by atoms with van der Waals surface area (Å²) < 4.78 is 11.7. The molecule has 3 aromatic rings. The van der Waals surface area contributed by atoms with E-state index in [4.69, 9.17) is 9.47 Å². The summed E-state index contributed by atoms with van der Waals surface area (Å²) in [4.78, 5) is 4.50. The topological polar surface area (TPSA) is 67.2 Å². The third-order valence-corrected chi connectivity index (χ3v) is 4.47. The summed E-state index contributed by atoms with van der Waals surface area (Å²) in [5.74, 6) is 1.42. The molecular weight excluding hydrogens is 310 g/mol.